The molecule has 0 aromatic heterocycles. The molecule has 4 nitrogen and oxygen atoms in total. The lowest BCUT2D eigenvalue weighted by molar-refractivity contribution is 0.238. The van der Waals surface area contributed by atoms with Gasteiger partial charge in [0.05, 0.1) is 0 Å². The molecule has 1 aromatic rings. The van der Waals surface area contributed by atoms with Gasteiger partial charge in [-0.3, -0.25) is 9.80 Å². The Morgan fingerprint density at radius 3 is 2.35 bits per heavy atom. The van der Waals surface area contributed by atoms with Crippen molar-refractivity contribution in [2.45, 2.75) is 13.8 Å². The first-order valence-electron chi connectivity index (χ1n) is 5.63. The maximum absolute atomic E-state index is 11.8. The molecule has 1 heterocycles. The van der Waals surface area contributed by atoms with Crippen molar-refractivity contribution in [1.82, 2.24) is 4.90 Å². The highest BCUT2D eigenvalue weighted by Gasteiger charge is 2.30. The highest BCUT2D eigenvalue weighted by atomic mass is 32.1. The number of benzene rings is 1. The van der Waals surface area contributed by atoms with E-state index in [1.807, 2.05) is 44.2 Å². The van der Waals surface area contributed by atoms with Gasteiger partial charge in [-0.25, -0.2) is 4.79 Å². The summed E-state index contributed by atoms with van der Waals surface area (Å²) in [4.78, 5) is 14.9. The van der Waals surface area contributed by atoms with Gasteiger partial charge in [0.2, 0.25) is 0 Å². The monoisotopic (exact) mass is 253 g/mol. The van der Waals surface area contributed by atoms with Crippen LogP contribution in [0, 0.1) is 0 Å². The molecule has 0 saturated carbocycles. The van der Waals surface area contributed by atoms with Crippen LogP contribution in [-0.2, 0) is 0 Å². The van der Waals surface area contributed by atoms with Crippen molar-refractivity contribution in [2.24, 2.45) is 5.73 Å². The topological polar surface area (TPSA) is 49.6 Å². The van der Waals surface area contributed by atoms with Crippen molar-refractivity contribution in [3.63, 3.8) is 0 Å². The average molecular weight is 253 g/mol. The number of para-hydroxylation sites is 1. The fraction of sp³-hybridized carbons (Fsp3) is 0.333. The number of carbonyl (C=O) groups is 1. The molecule has 0 radical (unpaired) electrons. The van der Waals surface area contributed by atoms with Crippen molar-refractivity contribution < 1.29 is 6.22 Å². The lowest BCUT2D eigenvalue weighted by Crippen LogP contribution is -2.39. The molecule has 0 atom stereocenters. The summed E-state index contributed by atoms with van der Waals surface area (Å²) in [5, 5.41) is 0.137. The molecule has 1 saturated heterocycles. The smallest absolute Gasteiger partial charge is 0.330 e. The molecule has 1 aromatic carbocycles. The van der Waals surface area contributed by atoms with E-state index in [0.29, 0.717) is 13.1 Å². The second-order valence-electron chi connectivity index (χ2n) is 3.26. The maximum atomic E-state index is 11.8. The first-order chi connectivity index (χ1) is 8.20. The van der Waals surface area contributed by atoms with Crippen LogP contribution in [0.25, 0.3) is 0 Å². The Labute approximate surface area is 108 Å². The van der Waals surface area contributed by atoms with Crippen LogP contribution in [0.2, 0.25) is 0 Å². The summed E-state index contributed by atoms with van der Waals surface area (Å²) >= 11 is 4.79. The largest absolute Gasteiger partial charge is 0.376 e. The summed E-state index contributed by atoms with van der Waals surface area (Å²) < 4.78 is 0. The van der Waals surface area contributed by atoms with Crippen LogP contribution in [0.5, 0.6) is 0 Å². The van der Waals surface area contributed by atoms with E-state index >= 15 is 0 Å². The third kappa shape index (κ3) is 2.94. The van der Waals surface area contributed by atoms with Gasteiger partial charge in [-0.15, -0.1) is 0 Å². The third-order valence-electron chi connectivity index (χ3n) is 2.34. The second-order valence-corrected chi connectivity index (χ2v) is 3.68. The molecular weight excluding hydrogens is 234 g/mol. The van der Waals surface area contributed by atoms with Crippen LogP contribution in [0.15, 0.2) is 30.3 Å². The van der Waals surface area contributed by atoms with Crippen LogP contribution in [-0.4, -0.2) is 29.1 Å². The Balaban J connectivity index is 0.000000917. The summed E-state index contributed by atoms with van der Waals surface area (Å²) in [7, 11) is 0. The zero-order chi connectivity index (χ0) is 12.8. The van der Waals surface area contributed by atoms with Crippen molar-refractivity contribution in [3.8, 4) is 0 Å². The molecule has 94 valence electrons. The maximum Gasteiger partial charge on any atom is 0.330 e. The molecule has 1 aliphatic heterocycles. The van der Waals surface area contributed by atoms with Crippen LogP contribution >= 0.6 is 12.2 Å². The summed E-state index contributed by atoms with van der Waals surface area (Å²) in [6.07, 6.45) is 0. The van der Waals surface area contributed by atoms with Crippen LogP contribution in [0.4, 0.5) is 10.5 Å². The van der Waals surface area contributed by atoms with Crippen molar-refractivity contribution in [2.75, 3.05) is 18.0 Å². The fourth-order valence-electron chi connectivity index (χ4n) is 1.59. The van der Waals surface area contributed by atoms with E-state index in [4.69, 9.17) is 18.0 Å². The number of carbonyl (C=O) groups excluding carboxylic acids is 1. The first kappa shape index (κ1) is 13.4. The van der Waals surface area contributed by atoms with Crippen molar-refractivity contribution in [3.05, 3.63) is 30.3 Å². The summed E-state index contributed by atoms with van der Waals surface area (Å²) in [6.45, 7) is 5.18. The molecule has 0 unspecified atom stereocenters. The lowest BCUT2D eigenvalue weighted by atomic mass is 10.3. The van der Waals surface area contributed by atoms with E-state index in [1.54, 1.807) is 4.90 Å². The molecular formula is C12H19N3OS. The molecule has 17 heavy (non-hydrogen) atoms. The number of urea groups is 1. The van der Waals surface area contributed by atoms with Gasteiger partial charge >= 0.3 is 6.03 Å². The molecule has 2 amide bonds. The summed E-state index contributed by atoms with van der Waals surface area (Å²) in [5.41, 5.74) is 6.31. The minimum absolute atomic E-state index is 0. The summed E-state index contributed by atoms with van der Waals surface area (Å²) in [5.74, 6) is 0. The molecule has 0 spiro atoms. The number of nitrogens with zero attached hydrogens (tertiary/aromatic N) is 2. The van der Waals surface area contributed by atoms with Crippen LogP contribution in [0.3, 0.4) is 0 Å². The molecule has 5 heteroatoms. The van der Waals surface area contributed by atoms with Gasteiger partial charge in [0.1, 0.15) is 0 Å². The Bertz CT molecular complexity index is 400. The first-order valence-corrected chi connectivity index (χ1v) is 6.04. The minimum Gasteiger partial charge on any atom is -0.376 e. The lowest BCUT2D eigenvalue weighted by Gasteiger charge is -2.17. The summed E-state index contributed by atoms with van der Waals surface area (Å²) in [6, 6.07) is 9.34. The number of rotatable bonds is 1. The number of hydrogen-bond acceptors (Lipinski definition) is 2. The zero-order valence-electron chi connectivity index (χ0n) is 10.1. The molecule has 1 aliphatic rings. The quantitative estimate of drug-likeness (QED) is 0.782. The van der Waals surface area contributed by atoms with Gasteiger partial charge in [-0.1, -0.05) is 32.0 Å². The molecule has 0 aliphatic carbocycles. The predicted molar refractivity (Wildman–Crippen MR) is 76.1 cm³/mol. The van der Waals surface area contributed by atoms with Crippen molar-refractivity contribution in [1.29, 1.82) is 0 Å². The predicted octanol–water partition coefficient (Wildman–Crippen LogP) is 2.44. The Kier molecular flexibility index (Phi) is 4.90. The van der Waals surface area contributed by atoms with Gasteiger partial charge in [0.25, 0.3) is 0 Å². The van der Waals surface area contributed by atoms with Gasteiger partial charge < -0.3 is 5.73 Å². The number of hydrogen-bond donors (Lipinski definition) is 1. The number of thiocarbonyl (C=S) groups is 1. The average Bonchev–Trinajstić information content (AvgIpc) is 2.75. The number of nitrogens with two attached hydrogens (primary N) is 1. The Morgan fingerprint density at radius 1 is 1.29 bits per heavy atom. The van der Waals surface area contributed by atoms with Gasteiger partial charge in [0, 0.05) is 20.2 Å². The molecule has 0 bridgehead atoms. The van der Waals surface area contributed by atoms with Gasteiger partial charge in [0.15, 0.2) is 5.11 Å². The van der Waals surface area contributed by atoms with E-state index in [-0.39, 0.29) is 12.6 Å². The van der Waals surface area contributed by atoms with Gasteiger partial charge in [-0.05, 0) is 24.4 Å². The minimum atomic E-state index is -0.145. The second kappa shape index (κ2) is 6.20. The fourth-order valence-corrected chi connectivity index (χ4v) is 1.76. The SMILES string of the molecule is CC.NC(=S)N1CCN(c2ccccc2)C1=O.[HH]. The normalized spacial score (nSPS) is 14.4. The highest BCUT2D eigenvalue weighted by Crippen LogP contribution is 2.19. The molecule has 1 fully saturated rings. The Hall–Kier alpha value is -1.62. The highest BCUT2D eigenvalue weighted by molar-refractivity contribution is 7.80. The standard InChI is InChI=1S/C10H11N3OS.C2H6.H2/c11-9(15)13-7-6-12(10(13)14)8-4-2-1-3-5-8;1-2;/h1-5H,6-7H2,(H2,11,15);1-2H3;1H. The van der Waals surface area contributed by atoms with E-state index in [2.05, 4.69) is 0 Å². The third-order valence-corrected chi connectivity index (χ3v) is 2.56. The van der Waals surface area contributed by atoms with Crippen molar-refractivity contribution >= 4 is 29.0 Å². The Morgan fingerprint density at radius 2 is 1.88 bits per heavy atom. The van der Waals surface area contributed by atoms with E-state index in [0.717, 1.165) is 5.69 Å². The van der Waals surface area contributed by atoms with E-state index < -0.39 is 0 Å². The zero-order valence-corrected chi connectivity index (χ0v) is 10.9. The van der Waals surface area contributed by atoms with Crippen LogP contribution in [0.1, 0.15) is 15.3 Å². The van der Waals surface area contributed by atoms with Gasteiger partial charge in [-0.2, -0.15) is 0 Å². The molecule has 2 N–H and O–H groups in total. The molecule has 2 rings (SSSR count). The number of amides is 2. The van der Waals surface area contributed by atoms with E-state index in [1.165, 1.54) is 4.90 Å². The van der Waals surface area contributed by atoms with Crippen LogP contribution < -0.4 is 10.6 Å². The number of anilines is 1. The van der Waals surface area contributed by atoms with E-state index in [9.17, 15) is 4.79 Å².